The Hall–Kier alpha value is -4.65. The van der Waals surface area contributed by atoms with E-state index in [1.165, 1.54) is 11.1 Å². The molecule has 0 atom stereocenters. The van der Waals surface area contributed by atoms with E-state index in [0.717, 1.165) is 64.1 Å². The molecular formula is C39H55N3O4. The monoisotopic (exact) mass is 629 g/mol. The van der Waals surface area contributed by atoms with E-state index in [2.05, 4.69) is 50.3 Å². The van der Waals surface area contributed by atoms with Gasteiger partial charge < -0.3 is 24.7 Å². The summed E-state index contributed by atoms with van der Waals surface area (Å²) < 4.78 is 16.3. The number of pyridine rings is 1. The summed E-state index contributed by atoms with van der Waals surface area (Å²) in [5, 5.41) is 0. The standard InChI is InChI=1S/C17H20O3.C15H17N3.C4H10.C2H6.CH2O/c1-4-13-7-10-16(17(11-13)19-3)20-12-14-5-8-15(18-2)9-6-14;1-4-12(13-6-5-11(3)17-9-13)8-14-10(2)7-15(16)18-14;1-4(2)3;2*1-2/h5-11H,4,12H2,1-3H3;4-6,8-9H,1,7H2,2-3H3,(H2,16,18);4H,1-3H3;1-2H3;1H2/b;12-8+;;;. The largest absolute Gasteiger partial charge is 0.497 e. The molecule has 7 nitrogen and oxygen atoms in total. The van der Waals surface area contributed by atoms with E-state index in [4.69, 9.17) is 24.7 Å². The van der Waals surface area contributed by atoms with Crippen LogP contribution in [0.25, 0.3) is 5.57 Å². The molecule has 0 fully saturated rings. The minimum Gasteiger partial charge on any atom is -0.497 e. The SMILES string of the molecule is C=C/C(=C\C1=C(C)CC(N)=N1)c1ccc(C)nc1.C=O.CC.CC(C)C.CCc1ccc(OCc2ccc(OC)cc2)c(OC)c1. The number of rotatable bonds is 9. The van der Waals surface area contributed by atoms with Gasteiger partial charge in [-0.15, -0.1) is 0 Å². The molecule has 2 N–H and O–H groups in total. The van der Waals surface area contributed by atoms with Crippen molar-refractivity contribution in [2.24, 2.45) is 16.6 Å². The Labute approximate surface area is 277 Å². The maximum atomic E-state index is 8.00. The number of hydrogen-bond acceptors (Lipinski definition) is 7. The average Bonchev–Trinajstić information content (AvgIpc) is 3.40. The number of allylic oxidation sites excluding steroid dienone is 3. The number of benzene rings is 2. The third-order valence-electron chi connectivity index (χ3n) is 6.09. The van der Waals surface area contributed by atoms with Gasteiger partial charge in [-0.3, -0.25) is 4.98 Å². The number of aliphatic imine (C=N–C) groups is 1. The van der Waals surface area contributed by atoms with E-state index in [0.29, 0.717) is 12.4 Å². The van der Waals surface area contributed by atoms with Crippen molar-refractivity contribution in [2.45, 2.75) is 74.8 Å². The molecule has 2 heterocycles. The van der Waals surface area contributed by atoms with Crippen LogP contribution in [0.3, 0.4) is 0 Å². The number of methoxy groups -OCH3 is 2. The van der Waals surface area contributed by atoms with Crippen LogP contribution in [-0.2, 0) is 17.8 Å². The lowest BCUT2D eigenvalue weighted by Crippen LogP contribution is -2.07. The zero-order chi connectivity index (χ0) is 35.1. The first-order valence-corrected chi connectivity index (χ1v) is 15.6. The fourth-order valence-electron chi connectivity index (χ4n) is 3.79. The van der Waals surface area contributed by atoms with Crippen molar-refractivity contribution in [1.82, 2.24) is 4.98 Å². The molecule has 0 bridgehead atoms. The maximum absolute atomic E-state index is 8.00. The lowest BCUT2D eigenvalue weighted by atomic mass is 10.1. The summed E-state index contributed by atoms with van der Waals surface area (Å²) in [6, 6.07) is 17.9. The Kier molecular flexibility index (Phi) is 21.3. The molecule has 0 saturated heterocycles. The van der Waals surface area contributed by atoms with Gasteiger partial charge in [-0.1, -0.05) is 78.5 Å². The van der Waals surface area contributed by atoms with Crippen molar-refractivity contribution in [2.75, 3.05) is 14.2 Å². The summed E-state index contributed by atoms with van der Waals surface area (Å²) in [6.45, 7) is 23.0. The van der Waals surface area contributed by atoms with Crippen molar-refractivity contribution in [3.8, 4) is 17.2 Å². The van der Waals surface area contributed by atoms with Crippen molar-refractivity contribution >= 4 is 18.2 Å². The number of aromatic nitrogens is 1. The Morgan fingerprint density at radius 1 is 0.935 bits per heavy atom. The van der Waals surface area contributed by atoms with Crippen LogP contribution in [0.4, 0.5) is 0 Å². The third kappa shape index (κ3) is 15.4. The minimum atomic E-state index is 0.506. The quantitative estimate of drug-likeness (QED) is 0.237. The number of nitrogens with two attached hydrogens (primary N) is 1. The van der Waals surface area contributed by atoms with Gasteiger partial charge in [0.25, 0.3) is 0 Å². The number of nitrogens with zero attached hydrogens (tertiary/aromatic N) is 2. The van der Waals surface area contributed by atoms with Crippen LogP contribution in [0, 0.1) is 12.8 Å². The summed E-state index contributed by atoms with van der Waals surface area (Å²) in [7, 11) is 3.32. The highest BCUT2D eigenvalue weighted by Crippen LogP contribution is 2.29. The highest BCUT2D eigenvalue weighted by Gasteiger charge is 2.11. The Morgan fingerprint density at radius 3 is 2.00 bits per heavy atom. The molecule has 1 aliphatic rings. The zero-order valence-corrected chi connectivity index (χ0v) is 29.6. The van der Waals surface area contributed by atoms with E-state index < -0.39 is 0 Å². The molecular weight excluding hydrogens is 574 g/mol. The van der Waals surface area contributed by atoms with Crippen LogP contribution in [0.1, 0.15) is 77.3 Å². The van der Waals surface area contributed by atoms with Crippen LogP contribution >= 0.6 is 0 Å². The molecule has 1 aliphatic heterocycles. The van der Waals surface area contributed by atoms with Gasteiger partial charge in [0.15, 0.2) is 11.5 Å². The number of hydrogen-bond donors (Lipinski definition) is 1. The number of aryl methyl sites for hydroxylation is 2. The molecule has 7 heteroatoms. The van der Waals surface area contributed by atoms with Gasteiger partial charge in [0, 0.05) is 23.9 Å². The Bertz CT molecular complexity index is 1390. The van der Waals surface area contributed by atoms with Gasteiger partial charge in [0.2, 0.25) is 0 Å². The lowest BCUT2D eigenvalue weighted by Gasteiger charge is -2.12. The van der Waals surface area contributed by atoms with Gasteiger partial charge in [0.1, 0.15) is 25.0 Å². The average molecular weight is 630 g/mol. The van der Waals surface area contributed by atoms with E-state index in [9.17, 15) is 0 Å². The number of amidine groups is 1. The molecule has 4 rings (SSSR count). The number of ether oxygens (including phenoxy) is 3. The normalized spacial score (nSPS) is 11.6. The van der Waals surface area contributed by atoms with Crippen molar-refractivity contribution in [1.29, 1.82) is 0 Å². The summed E-state index contributed by atoms with van der Waals surface area (Å²) >= 11 is 0. The molecule has 250 valence electrons. The van der Waals surface area contributed by atoms with Crippen LogP contribution in [0.2, 0.25) is 0 Å². The second-order valence-corrected chi connectivity index (χ2v) is 10.6. The highest BCUT2D eigenvalue weighted by molar-refractivity contribution is 5.88. The molecule has 0 aliphatic carbocycles. The molecule has 0 unspecified atom stereocenters. The molecule has 0 spiro atoms. The number of carbonyl (C=O) groups is 1. The maximum Gasteiger partial charge on any atom is 0.161 e. The van der Waals surface area contributed by atoms with Gasteiger partial charge in [-0.05, 0) is 84.9 Å². The second-order valence-electron chi connectivity index (χ2n) is 10.6. The third-order valence-corrected chi connectivity index (χ3v) is 6.09. The first-order chi connectivity index (χ1) is 22.1. The first-order valence-electron chi connectivity index (χ1n) is 15.6. The van der Waals surface area contributed by atoms with Crippen LogP contribution in [0.15, 0.2) is 95.8 Å². The number of carbonyl (C=O) groups excluding carboxylic acids is 1. The Balaban J connectivity index is 0.000000721. The smallest absolute Gasteiger partial charge is 0.161 e. The predicted octanol–water partition coefficient (Wildman–Crippen LogP) is 9.34. The van der Waals surface area contributed by atoms with E-state index in [1.807, 2.05) is 101 Å². The zero-order valence-electron chi connectivity index (χ0n) is 29.6. The van der Waals surface area contributed by atoms with Crippen molar-refractivity contribution < 1.29 is 19.0 Å². The van der Waals surface area contributed by atoms with E-state index in [-0.39, 0.29) is 0 Å². The van der Waals surface area contributed by atoms with Crippen LogP contribution < -0.4 is 19.9 Å². The Morgan fingerprint density at radius 2 is 1.54 bits per heavy atom. The molecule has 2 aromatic carbocycles. The highest BCUT2D eigenvalue weighted by atomic mass is 16.5. The van der Waals surface area contributed by atoms with E-state index >= 15 is 0 Å². The van der Waals surface area contributed by atoms with Gasteiger partial charge >= 0.3 is 0 Å². The minimum absolute atomic E-state index is 0.506. The van der Waals surface area contributed by atoms with Crippen LogP contribution in [-0.4, -0.2) is 31.8 Å². The molecule has 0 radical (unpaired) electrons. The summed E-state index contributed by atoms with van der Waals surface area (Å²) in [5.74, 6) is 3.89. The van der Waals surface area contributed by atoms with Crippen molar-refractivity contribution in [3.05, 3.63) is 113 Å². The topological polar surface area (TPSA) is 96.0 Å². The van der Waals surface area contributed by atoms with Gasteiger partial charge in [0.05, 0.1) is 19.9 Å². The fraction of sp³-hybridized carbons (Fsp3) is 0.359. The van der Waals surface area contributed by atoms with Gasteiger partial charge in [-0.25, -0.2) is 4.99 Å². The molecule has 3 aromatic rings. The molecule has 0 amide bonds. The summed E-state index contributed by atoms with van der Waals surface area (Å²) in [6.07, 6.45) is 7.41. The molecule has 1 aromatic heterocycles. The second kappa shape index (κ2) is 23.7. The van der Waals surface area contributed by atoms with E-state index in [1.54, 1.807) is 14.2 Å². The lowest BCUT2D eigenvalue weighted by molar-refractivity contribution is -0.0980. The first kappa shape index (κ1) is 41.4. The predicted molar refractivity (Wildman–Crippen MR) is 195 cm³/mol. The summed E-state index contributed by atoms with van der Waals surface area (Å²) in [5.41, 5.74) is 13.2. The van der Waals surface area contributed by atoms with Crippen molar-refractivity contribution in [3.63, 3.8) is 0 Å². The fourth-order valence-corrected chi connectivity index (χ4v) is 3.79. The molecule has 46 heavy (non-hydrogen) atoms. The molecule has 0 saturated carbocycles. The summed E-state index contributed by atoms with van der Waals surface area (Å²) in [4.78, 5) is 16.6. The van der Waals surface area contributed by atoms with Crippen LogP contribution in [0.5, 0.6) is 17.2 Å². The van der Waals surface area contributed by atoms with Gasteiger partial charge in [-0.2, -0.15) is 0 Å².